The van der Waals surface area contributed by atoms with Gasteiger partial charge in [-0.05, 0) is 43.9 Å². The molecule has 0 unspecified atom stereocenters. The molecule has 3 heteroatoms. The first-order valence-corrected chi connectivity index (χ1v) is 7.53. The van der Waals surface area contributed by atoms with Crippen LogP contribution in [0.4, 0.5) is 0 Å². The Balaban J connectivity index is 2.31. The van der Waals surface area contributed by atoms with Crippen molar-refractivity contribution >= 4 is 11.8 Å². The molecule has 0 aromatic rings. The van der Waals surface area contributed by atoms with Gasteiger partial charge in [0, 0.05) is 12.3 Å². The molecule has 0 aromatic carbocycles. The third-order valence-electron chi connectivity index (χ3n) is 4.29. The first-order chi connectivity index (χ1) is 8.84. The summed E-state index contributed by atoms with van der Waals surface area (Å²) in [6.45, 7) is 9.01. The highest BCUT2D eigenvalue weighted by molar-refractivity contribution is 5.84. The lowest BCUT2D eigenvalue weighted by Crippen LogP contribution is -2.29. The fraction of sp³-hybridized carbons (Fsp3) is 0.875. The Bertz CT molecular complexity index is 306. The second-order valence-corrected chi connectivity index (χ2v) is 6.69. The average molecular weight is 268 g/mol. The van der Waals surface area contributed by atoms with E-state index in [4.69, 9.17) is 4.74 Å². The number of Topliss-reactive ketones (excluding diaryl/α,β-unsaturated/α-hetero) is 1. The fourth-order valence-electron chi connectivity index (χ4n) is 2.94. The Hall–Kier alpha value is -0.860. The predicted molar refractivity (Wildman–Crippen MR) is 75.8 cm³/mol. The third kappa shape index (κ3) is 5.33. The maximum atomic E-state index is 12.1. The Morgan fingerprint density at radius 3 is 2.11 bits per heavy atom. The number of carbonyl (C=O) groups excluding carboxylic acids is 2. The smallest absolute Gasteiger partial charge is 0.306 e. The van der Waals surface area contributed by atoms with E-state index in [2.05, 4.69) is 20.8 Å². The van der Waals surface area contributed by atoms with Crippen molar-refractivity contribution in [2.24, 2.45) is 17.3 Å². The van der Waals surface area contributed by atoms with E-state index in [0.717, 1.165) is 31.6 Å². The van der Waals surface area contributed by atoms with Crippen molar-refractivity contribution in [2.75, 3.05) is 6.61 Å². The number of carbonyl (C=O) groups is 2. The van der Waals surface area contributed by atoms with Crippen LogP contribution in [0.15, 0.2) is 0 Å². The first kappa shape index (κ1) is 16.2. The van der Waals surface area contributed by atoms with Crippen LogP contribution >= 0.6 is 0 Å². The van der Waals surface area contributed by atoms with Crippen LogP contribution in [0.1, 0.15) is 66.2 Å². The van der Waals surface area contributed by atoms with Crippen LogP contribution in [0, 0.1) is 17.3 Å². The van der Waals surface area contributed by atoms with Crippen LogP contribution in [0.3, 0.4) is 0 Å². The van der Waals surface area contributed by atoms with Crippen LogP contribution < -0.4 is 0 Å². The SMILES string of the molecule is CCOC(=O)CCC(=O)C1CCC(C(C)(C)C)CC1. The van der Waals surface area contributed by atoms with Crippen LogP contribution in [-0.4, -0.2) is 18.4 Å². The Morgan fingerprint density at radius 2 is 1.63 bits per heavy atom. The Labute approximate surface area is 117 Å². The van der Waals surface area contributed by atoms with Crippen LogP contribution in [0.25, 0.3) is 0 Å². The molecule has 110 valence electrons. The number of esters is 1. The zero-order valence-electron chi connectivity index (χ0n) is 12.8. The second kappa shape index (κ2) is 7.06. The summed E-state index contributed by atoms with van der Waals surface area (Å²) in [4.78, 5) is 23.3. The molecular formula is C16H28O3. The number of hydrogen-bond acceptors (Lipinski definition) is 3. The summed E-state index contributed by atoms with van der Waals surface area (Å²) in [5, 5.41) is 0. The molecule has 3 nitrogen and oxygen atoms in total. The van der Waals surface area contributed by atoms with E-state index in [0.29, 0.717) is 18.4 Å². The maximum Gasteiger partial charge on any atom is 0.306 e. The monoisotopic (exact) mass is 268 g/mol. The lowest BCUT2D eigenvalue weighted by atomic mass is 9.69. The quantitative estimate of drug-likeness (QED) is 0.713. The van der Waals surface area contributed by atoms with Gasteiger partial charge in [-0.1, -0.05) is 20.8 Å². The third-order valence-corrected chi connectivity index (χ3v) is 4.29. The topological polar surface area (TPSA) is 43.4 Å². The normalized spacial score (nSPS) is 24.0. The molecule has 1 aliphatic rings. The highest BCUT2D eigenvalue weighted by atomic mass is 16.5. The van der Waals surface area contributed by atoms with Crippen LogP contribution in [-0.2, 0) is 14.3 Å². The molecule has 1 saturated carbocycles. The minimum absolute atomic E-state index is 0.174. The zero-order chi connectivity index (χ0) is 14.5. The van der Waals surface area contributed by atoms with Gasteiger partial charge in [0.1, 0.15) is 5.78 Å². The van der Waals surface area contributed by atoms with Gasteiger partial charge in [0.25, 0.3) is 0 Å². The number of ether oxygens (including phenoxy) is 1. The van der Waals surface area contributed by atoms with Gasteiger partial charge in [-0.2, -0.15) is 0 Å². The number of hydrogen-bond donors (Lipinski definition) is 0. The molecule has 0 N–H and O–H groups in total. The summed E-state index contributed by atoms with van der Waals surface area (Å²) in [6, 6.07) is 0. The molecule has 0 atom stereocenters. The number of rotatable bonds is 5. The van der Waals surface area contributed by atoms with E-state index in [9.17, 15) is 9.59 Å². The molecule has 0 spiro atoms. The molecule has 0 amide bonds. The minimum atomic E-state index is -0.251. The summed E-state index contributed by atoms with van der Waals surface area (Å²) in [7, 11) is 0. The van der Waals surface area contributed by atoms with Gasteiger partial charge in [0.05, 0.1) is 13.0 Å². The van der Waals surface area contributed by atoms with Crippen molar-refractivity contribution in [3.63, 3.8) is 0 Å². The lowest BCUT2D eigenvalue weighted by molar-refractivity contribution is -0.144. The lowest BCUT2D eigenvalue weighted by Gasteiger charge is -2.36. The van der Waals surface area contributed by atoms with E-state index < -0.39 is 0 Å². The van der Waals surface area contributed by atoms with E-state index in [1.807, 2.05) is 0 Å². The van der Waals surface area contributed by atoms with E-state index in [1.54, 1.807) is 6.92 Å². The van der Waals surface area contributed by atoms with E-state index >= 15 is 0 Å². The molecule has 19 heavy (non-hydrogen) atoms. The van der Waals surface area contributed by atoms with Gasteiger partial charge < -0.3 is 4.74 Å². The van der Waals surface area contributed by atoms with E-state index in [-0.39, 0.29) is 24.1 Å². The van der Waals surface area contributed by atoms with Crippen molar-refractivity contribution in [2.45, 2.75) is 66.2 Å². The van der Waals surface area contributed by atoms with Crippen molar-refractivity contribution in [1.29, 1.82) is 0 Å². The molecule has 0 aromatic heterocycles. The molecule has 0 aliphatic heterocycles. The summed E-state index contributed by atoms with van der Waals surface area (Å²) in [6.07, 6.45) is 4.85. The van der Waals surface area contributed by atoms with Crippen LogP contribution in [0.5, 0.6) is 0 Å². The summed E-state index contributed by atoms with van der Waals surface area (Å²) in [5.41, 5.74) is 0.346. The van der Waals surface area contributed by atoms with Crippen molar-refractivity contribution in [3.05, 3.63) is 0 Å². The van der Waals surface area contributed by atoms with Gasteiger partial charge >= 0.3 is 5.97 Å². The molecular weight excluding hydrogens is 240 g/mol. The Kier molecular flexibility index (Phi) is 6.02. The van der Waals surface area contributed by atoms with Crippen LogP contribution in [0.2, 0.25) is 0 Å². The minimum Gasteiger partial charge on any atom is -0.466 e. The zero-order valence-corrected chi connectivity index (χ0v) is 12.8. The molecule has 0 saturated heterocycles. The predicted octanol–water partition coefficient (Wildman–Crippen LogP) is 3.75. The van der Waals surface area contributed by atoms with Crippen molar-refractivity contribution in [1.82, 2.24) is 0 Å². The summed E-state index contributed by atoms with van der Waals surface area (Å²) < 4.78 is 4.85. The largest absolute Gasteiger partial charge is 0.466 e. The second-order valence-electron chi connectivity index (χ2n) is 6.69. The molecule has 0 radical (unpaired) electrons. The standard InChI is InChI=1S/C16H28O3/c1-5-19-15(18)11-10-14(17)12-6-8-13(9-7-12)16(2,3)4/h12-13H,5-11H2,1-4H3. The molecule has 1 aliphatic carbocycles. The maximum absolute atomic E-state index is 12.1. The highest BCUT2D eigenvalue weighted by Crippen LogP contribution is 2.40. The van der Waals surface area contributed by atoms with Gasteiger partial charge in [-0.15, -0.1) is 0 Å². The summed E-state index contributed by atoms with van der Waals surface area (Å²) >= 11 is 0. The van der Waals surface area contributed by atoms with Crippen molar-refractivity contribution in [3.8, 4) is 0 Å². The first-order valence-electron chi connectivity index (χ1n) is 7.53. The van der Waals surface area contributed by atoms with Crippen molar-refractivity contribution < 1.29 is 14.3 Å². The summed E-state index contributed by atoms with van der Waals surface area (Å²) in [5.74, 6) is 0.897. The van der Waals surface area contributed by atoms with Gasteiger partial charge in [-0.25, -0.2) is 0 Å². The molecule has 0 bridgehead atoms. The van der Waals surface area contributed by atoms with Gasteiger partial charge in [-0.3, -0.25) is 9.59 Å². The average Bonchev–Trinajstić information content (AvgIpc) is 2.35. The fourth-order valence-corrected chi connectivity index (χ4v) is 2.94. The molecule has 1 fully saturated rings. The highest BCUT2D eigenvalue weighted by Gasteiger charge is 2.32. The van der Waals surface area contributed by atoms with Gasteiger partial charge in [0.2, 0.25) is 0 Å². The van der Waals surface area contributed by atoms with E-state index in [1.165, 1.54) is 0 Å². The van der Waals surface area contributed by atoms with Gasteiger partial charge in [0.15, 0.2) is 0 Å². The molecule has 1 rings (SSSR count). The Morgan fingerprint density at radius 1 is 1.05 bits per heavy atom. The number of ketones is 1. The molecule has 0 heterocycles.